The van der Waals surface area contributed by atoms with Crippen LogP contribution in [0.25, 0.3) is 0 Å². The zero-order valence-corrected chi connectivity index (χ0v) is 10.5. The highest BCUT2D eigenvalue weighted by molar-refractivity contribution is 5.93. The lowest BCUT2D eigenvalue weighted by Crippen LogP contribution is -2.30. The molecular formula is C13H20N2O2. The highest BCUT2D eigenvalue weighted by Crippen LogP contribution is 2.25. The number of hydrogen-bond acceptors (Lipinski definition) is 3. The van der Waals surface area contributed by atoms with Gasteiger partial charge in [0.2, 0.25) is 5.91 Å². The Morgan fingerprint density at radius 2 is 2.24 bits per heavy atom. The summed E-state index contributed by atoms with van der Waals surface area (Å²) >= 11 is 0. The molecule has 1 heterocycles. The van der Waals surface area contributed by atoms with Crippen LogP contribution in [0, 0.1) is 0 Å². The van der Waals surface area contributed by atoms with Gasteiger partial charge in [-0.05, 0) is 19.8 Å². The second kappa shape index (κ2) is 5.36. The first-order chi connectivity index (χ1) is 8.26. The van der Waals surface area contributed by atoms with E-state index in [-0.39, 0.29) is 5.91 Å². The Morgan fingerprint density at radius 3 is 2.82 bits per heavy atom. The molecule has 0 aromatic carbocycles. The first-order valence-electron chi connectivity index (χ1n) is 6.35. The standard InChI is InChI=1S/C13H20N2O2/c1-3-13(16)15(4-2)12-9-17-8-10(12)7-14-11-5-6-11/h8-9,11,14H,3-7H2,1-2H3. The van der Waals surface area contributed by atoms with Gasteiger partial charge in [0.05, 0.1) is 12.0 Å². The molecule has 0 saturated heterocycles. The first-order valence-corrected chi connectivity index (χ1v) is 6.35. The van der Waals surface area contributed by atoms with Gasteiger partial charge in [-0.1, -0.05) is 6.92 Å². The minimum Gasteiger partial charge on any atom is -0.470 e. The van der Waals surface area contributed by atoms with Crippen LogP contribution in [0.3, 0.4) is 0 Å². The average molecular weight is 236 g/mol. The van der Waals surface area contributed by atoms with Crippen LogP contribution >= 0.6 is 0 Å². The quantitative estimate of drug-likeness (QED) is 0.824. The van der Waals surface area contributed by atoms with Gasteiger partial charge in [0.1, 0.15) is 6.26 Å². The third-order valence-electron chi connectivity index (χ3n) is 3.09. The maximum Gasteiger partial charge on any atom is 0.226 e. The van der Waals surface area contributed by atoms with E-state index in [2.05, 4.69) is 5.32 Å². The molecule has 1 aliphatic rings. The number of carbonyl (C=O) groups is 1. The average Bonchev–Trinajstić information content (AvgIpc) is 3.07. The maximum absolute atomic E-state index is 11.8. The number of nitrogens with zero attached hydrogens (tertiary/aromatic N) is 1. The molecule has 0 radical (unpaired) electrons. The van der Waals surface area contributed by atoms with Crippen molar-refractivity contribution in [3.05, 3.63) is 18.1 Å². The van der Waals surface area contributed by atoms with Crippen molar-refractivity contribution in [2.24, 2.45) is 0 Å². The summed E-state index contributed by atoms with van der Waals surface area (Å²) < 4.78 is 5.24. The van der Waals surface area contributed by atoms with Gasteiger partial charge in [0.25, 0.3) is 0 Å². The molecule has 0 spiro atoms. The fourth-order valence-electron chi connectivity index (χ4n) is 1.90. The molecule has 1 aromatic rings. The molecule has 0 atom stereocenters. The van der Waals surface area contributed by atoms with Gasteiger partial charge < -0.3 is 14.6 Å². The van der Waals surface area contributed by atoms with Crippen LogP contribution in [-0.2, 0) is 11.3 Å². The molecule has 1 aromatic heterocycles. The molecule has 1 amide bonds. The largest absolute Gasteiger partial charge is 0.470 e. The number of carbonyl (C=O) groups excluding carboxylic acids is 1. The van der Waals surface area contributed by atoms with Crippen molar-refractivity contribution in [1.82, 2.24) is 5.32 Å². The van der Waals surface area contributed by atoms with E-state index in [0.29, 0.717) is 19.0 Å². The minimum absolute atomic E-state index is 0.140. The van der Waals surface area contributed by atoms with Gasteiger partial charge in [-0.25, -0.2) is 0 Å². The van der Waals surface area contributed by atoms with E-state index < -0.39 is 0 Å². The Hall–Kier alpha value is -1.29. The molecule has 0 aliphatic heterocycles. The summed E-state index contributed by atoms with van der Waals surface area (Å²) in [5.74, 6) is 0.140. The Labute approximate surface area is 102 Å². The van der Waals surface area contributed by atoms with E-state index >= 15 is 0 Å². The molecule has 2 rings (SSSR count). The summed E-state index contributed by atoms with van der Waals surface area (Å²) in [4.78, 5) is 13.6. The zero-order chi connectivity index (χ0) is 12.3. The Kier molecular flexibility index (Phi) is 3.84. The minimum atomic E-state index is 0.140. The summed E-state index contributed by atoms with van der Waals surface area (Å²) in [6.45, 7) is 5.33. The van der Waals surface area contributed by atoms with Crippen LogP contribution in [0.1, 0.15) is 38.7 Å². The van der Waals surface area contributed by atoms with Gasteiger partial charge in [-0.3, -0.25) is 4.79 Å². The van der Waals surface area contributed by atoms with E-state index in [1.807, 2.05) is 13.8 Å². The maximum atomic E-state index is 11.8. The first kappa shape index (κ1) is 12.2. The lowest BCUT2D eigenvalue weighted by Gasteiger charge is -2.20. The summed E-state index contributed by atoms with van der Waals surface area (Å²) in [7, 11) is 0. The number of anilines is 1. The van der Waals surface area contributed by atoms with Gasteiger partial charge >= 0.3 is 0 Å². The van der Waals surface area contributed by atoms with Crippen molar-refractivity contribution in [3.63, 3.8) is 0 Å². The molecule has 94 valence electrons. The second-order valence-electron chi connectivity index (χ2n) is 4.43. The van der Waals surface area contributed by atoms with Crippen LogP contribution in [-0.4, -0.2) is 18.5 Å². The molecule has 1 N–H and O–H groups in total. The molecule has 0 unspecified atom stereocenters. The number of rotatable bonds is 6. The molecule has 1 fully saturated rings. The number of amides is 1. The van der Waals surface area contributed by atoms with Crippen molar-refractivity contribution >= 4 is 11.6 Å². The van der Waals surface area contributed by atoms with E-state index in [4.69, 9.17) is 4.42 Å². The lowest BCUT2D eigenvalue weighted by molar-refractivity contribution is -0.118. The highest BCUT2D eigenvalue weighted by Gasteiger charge is 2.22. The van der Waals surface area contributed by atoms with Gasteiger partial charge in [0, 0.05) is 31.1 Å². The smallest absolute Gasteiger partial charge is 0.226 e. The van der Waals surface area contributed by atoms with E-state index in [1.54, 1.807) is 17.4 Å². The van der Waals surface area contributed by atoms with E-state index in [9.17, 15) is 4.79 Å². The molecule has 17 heavy (non-hydrogen) atoms. The van der Waals surface area contributed by atoms with Crippen LogP contribution in [0.15, 0.2) is 16.9 Å². The zero-order valence-electron chi connectivity index (χ0n) is 10.5. The van der Waals surface area contributed by atoms with Crippen molar-refractivity contribution < 1.29 is 9.21 Å². The molecule has 1 saturated carbocycles. The SMILES string of the molecule is CCC(=O)N(CC)c1cocc1CNC1CC1. The third kappa shape index (κ3) is 2.88. The topological polar surface area (TPSA) is 45.5 Å². The van der Waals surface area contributed by atoms with Crippen LogP contribution in [0.4, 0.5) is 5.69 Å². The van der Waals surface area contributed by atoms with Crippen molar-refractivity contribution in [1.29, 1.82) is 0 Å². The Morgan fingerprint density at radius 1 is 1.47 bits per heavy atom. The Balaban J connectivity index is 2.06. The summed E-state index contributed by atoms with van der Waals surface area (Å²) in [5.41, 5.74) is 1.98. The summed E-state index contributed by atoms with van der Waals surface area (Å²) in [6.07, 6.45) is 6.45. The van der Waals surface area contributed by atoms with Crippen molar-refractivity contribution in [3.8, 4) is 0 Å². The molecule has 4 heteroatoms. The predicted octanol–water partition coefficient (Wildman–Crippen LogP) is 2.29. The van der Waals surface area contributed by atoms with Gasteiger partial charge in [0.15, 0.2) is 0 Å². The summed E-state index contributed by atoms with van der Waals surface area (Å²) in [6, 6.07) is 0.662. The molecule has 4 nitrogen and oxygen atoms in total. The fraction of sp³-hybridized carbons (Fsp3) is 0.615. The number of hydrogen-bond donors (Lipinski definition) is 1. The second-order valence-corrected chi connectivity index (χ2v) is 4.43. The summed E-state index contributed by atoms with van der Waals surface area (Å²) in [5, 5.41) is 3.44. The van der Waals surface area contributed by atoms with E-state index in [0.717, 1.165) is 17.8 Å². The third-order valence-corrected chi connectivity index (χ3v) is 3.09. The fourth-order valence-corrected chi connectivity index (χ4v) is 1.90. The monoisotopic (exact) mass is 236 g/mol. The predicted molar refractivity (Wildman–Crippen MR) is 66.9 cm³/mol. The Bertz CT molecular complexity index is 383. The lowest BCUT2D eigenvalue weighted by atomic mass is 10.2. The molecule has 0 bridgehead atoms. The van der Waals surface area contributed by atoms with E-state index in [1.165, 1.54) is 12.8 Å². The van der Waals surface area contributed by atoms with Gasteiger partial charge in [-0.15, -0.1) is 0 Å². The number of furan rings is 1. The van der Waals surface area contributed by atoms with Crippen molar-refractivity contribution in [2.45, 2.75) is 45.7 Å². The van der Waals surface area contributed by atoms with Crippen LogP contribution < -0.4 is 10.2 Å². The van der Waals surface area contributed by atoms with Crippen molar-refractivity contribution in [2.75, 3.05) is 11.4 Å². The molecule has 1 aliphatic carbocycles. The highest BCUT2D eigenvalue weighted by atomic mass is 16.3. The van der Waals surface area contributed by atoms with Crippen LogP contribution in [0.2, 0.25) is 0 Å². The molecular weight excluding hydrogens is 216 g/mol. The number of nitrogens with one attached hydrogen (secondary N) is 1. The van der Waals surface area contributed by atoms with Gasteiger partial charge in [-0.2, -0.15) is 0 Å². The van der Waals surface area contributed by atoms with Crippen LogP contribution in [0.5, 0.6) is 0 Å². The normalized spacial score (nSPS) is 14.9.